The second kappa shape index (κ2) is 6.71. The summed E-state index contributed by atoms with van der Waals surface area (Å²) in [6.45, 7) is 0. The lowest BCUT2D eigenvalue weighted by Crippen LogP contribution is -2.14. The van der Waals surface area contributed by atoms with Crippen molar-refractivity contribution >= 4 is 0 Å². The van der Waals surface area contributed by atoms with E-state index in [-0.39, 0.29) is 17.6 Å². The molecule has 0 heterocycles. The number of nitrogens with two attached hydrogens (primary N) is 1. The zero-order valence-corrected chi connectivity index (χ0v) is 11.5. The van der Waals surface area contributed by atoms with E-state index >= 15 is 0 Å². The van der Waals surface area contributed by atoms with Crippen molar-refractivity contribution in [1.29, 1.82) is 0 Å². The summed E-state index contributed by atoms with van der Waals surface area (Å²) < 4.78 is 18.7. The van der Waals surface area contributed by atoms with Gasteiger partial charge >= 0.3 is 0 Å². The maximum Gasteiger partial charge on any atom is 0.165 e. The van der Waals surface area contributed by atoms with Gasteiger partial charge in [0, 0.05) is 0 Å². The number of ether oxygens (including phenoxy) is 1. The third kappa shape index (κ3) is 3.57. The van der Waals surface area contributed by atoms with E-state index in [9.17, 15) is 4.39 Å². The van der Waals surface area contributed by atoms with E-state index in [2.05, 4.69) is 6.08 Å². The van der Waals surface area contributed by atoms with Crippen LogP contribution in [-0.4, -0.2) is 7.11 Å². The number of rotatable bonds is 3. The molecule has 2 nitrogen and oxygen atoms in total. The van der Waals surface area contributed by atoms with Gasteiger partial charge in [-0.15, -0.1) is 0 Å². The van der Waals surface area contributed by atoms with Crippen molar-refractivity contribution in [2.24, 2.45) is 5.73 Å². The molecule has 0 aliphatic heterocycles. The van der Waals surface area contributed by atoms with Crippen LogP contribution in [0.5, 0.6) is 5.75 Å². The smallest absolute Gasteiger partial charge is 0.165 e. The highest BCUT2D eigenvalue weighted by atomic mass is 19.1. The average Bonchev–Trinajstić information content (AvgIpc) is 2.37. The van der Waals surface area contributed by atoms with Crippen LogP contribution in [0.2, 0.25) is 0 Å². The van der Waals surface area contributed by atoms with Crippen LogP contribution in [0.3, 0.4) is 0 Å². The first kappa shape index (κ1) is 14.1. The molecule has 2 rings (SSSR count). The highest BCUT2D eigenvalue weighted by Gasteiger charge is 2.15. The zero-order valence-electron chi connectivity index (χ0n) is 11.5. The molecule has 19 heavy (non-hydrogen) atoms. The number of benzene rings is 1. The fraction of sp³-hybridized carbons (Fsp3) is 0.500. The monoisotopic (exact) mass is 263 g/mol. The fourth-order valence-corrected chi connectivity index (χ4v) is 2.59. The fourth-order valence-electron chi connectivity index (χ4n) is 2.59. The Morgan fingerprint density at radius 3 is 2.74 bits per heavy atom. The predicted octanol–water partition coefficient (Wildman–Crippen LogP) is 4.11. The third-order valence-corrected chi connectivity index (χ3v) is 3.76. The third-order valence-electron chi connectivity index (χ3n) is 3.76. The summed E-state index contributed by atoms with van der Waals surface area (Å²) in [6.07, 6.45) is 9.32. The van der Waals surface area contributed by atoms with Crippen molar-refractivity contribution in [3.05, 3.63) is 41.2 Å². The van der Waals surface area contributed by atoms with Gasteiger partial charge in [-0.2, -0.15) is 0 Å². The largest absolute Gasteiger partial charge is 0.494 e. The Bertz CT molecular complexity index is 456. The maximum atomic E-state index is 13.7. The molecule has 104 valence electrons. The molecule has 1 aliphatic carbocycles. The normalized spacial score (nSPS) is 20.9. The minimum absolute atomic E-state index is 0.196. The van der Waals surface area contributed by atoms with Crippen molar-refractivity contribution < 1.29 is 9.13 Å². The molecule has 0 saturated carbocycles. The average molecular weight is 263 g/mol. The minimum Gasteiger partial charge on any atom is -0.494 e. The number of hydrogen-bond donors (Lipinski definition) is 1. The molecule has 0 bridgehead atoms. The lowest BCUT2D eigenvalue weighted by atomic mass is 9.91. The van der Waals surface area contributed by atoms with Crippen molar-refractivity contribution in [3.63, 3.8) is 0 Å². The van der Waals surface area contributed by atoms with Gasteiger partial charge < -0.3 is 10.5 Å². The van der Waals surface area contributed by atoms with Gasteiger partial charge in [0.2, 0.25) is 0 Å². The SMILES string of the molecule is COc1ccc(C(N)/C2=C/CCCCCC2)cc1F. The molecule has 1 atom stereocenters. The maximum absolute atomic E-state index is 13.7. The standard InChI is InChI=1S/C16H22FNO/c1-19-15-10-9-13(11-14(15)17)16(18)12-7-5-3-2-4-6-8-12/h7,9-11,16H,2-6,8,18H2,1H3/b12-7+. The van der Waals surface area contributed by atoms with Gasteiger partial charge in [0.1, 0.15) is 0 Å². The second-order valence-electron chi connectivity index (χ2n) is 5.10. The predicted molar refractivity (Wildman–Crippen MR) is 75.7 cm³/mol. The molecule has 0 saturated heterocycles. The Kier molecular flexibility index (Phi) is 4.97. The van der Waals surface area contributed by atoms with Crippen molar-refractivity contribution in [2.45, 2.75) is 44.6 Å². The van der Waals surface area contributed by atoms with E-state index < -0.39 is 0 Å². The van der Waals surface area contributed by atoms with E-state index in [4.69, 9.17) is 10.5 Å². The van der Waals surface area contributed by atoms with Gasteiger partial charge in [-0.25, -0.2) is 4.39 Å². The van der Waals surface area contributed by atoms with E-state index in [0.29, 0.717) is 0 Å². The van der Waals surface area contributed by atoms with E-state index in [1.165, 1.54) is 44.4 Å². The Balaban J connectivity index is 2.17. The van der Waals surface area contributed by atoms with Crippen LogP contribution < -0.4 is 10.5 Å². The Morgan fingerprint density at radius 2 is 2.00 bits per heavy atom. The van der Waals surface area contributed by atoms with Gasteiger partial charge in [-0.3, -0.25) is 0 Å². The summed E-state index contributed by atoms with van der Waals surface area (Å²) >= 11 is 0. The summed E-state index contributed by atoms with van der Waals surface area (Å²) in [4.78, 5) is 0. The Morgan fingerprint density at radius 1 is 1.21 bits per heavy atom. The van der Waals surface area contributed by atoms with Gasteiger partial charge in [0.05, 0.1) is 13.2 Å². The van der Waals surface area contributed by atoms with Crippen LogP contribution in [0.25, 0.3) is 0 Å². The number of allylic oxidation sites excluding steroid dienone is 1. The van der Waals surface area contributed by atoms with E-state index in [1.807, 2.05) is 6.07 Å². The van der Waals surface area contributed by atoms with E-state index in [0.717, 1.165) is 18.4 Å². The Labute approximate surface area is 114 Å². The highest BCUT2D eigenvalue weighted by molar-refractivity contribution is 5.34. The summed E-state index contributed by atoms with van der Waals surface area (Å²) in [5.74, 6) is -0.0792. The molecule has 1 aromatic rings. The van der Waals surface area contributed by atoms with Crippen LogP contribution in [0, 0.1) is 5.82 Å². The molecule has 2 N–H and O–H groups in total. The topological polar surface area (TPSA) is 35.2 Å². The zero-order chi connectivity index (χ0) is 13.7. The van der Waals surface area contributed by atoms with Crippen LogP contribution in [0.1, 0.15) is 50.1 Å². The summed E-state index contributed by atoms with van der Waals surface area (Å²) in [5, 5.41) is 0. The number of hydrogen-bond acceptors (Lipinski definition) is 2. The van der Waals surface area contributed by atoms with Crippen molar-refractivity contribution in [2.75, 3.05) is 7.11 Å². The van der Waals surface area contributed by atoms with Crippen molar-refractivity contribution in [1.82, 2.24) is 0 Å². The lowest BCUT2D eigenvalue weighted by molar-refractivity contribution is 0.386. The van der Waals surface area contributed by atoms with Crippen LogP contribution in [0.15, 0.2) is 29.8 Å². The van der Waals surface area contributed by atoms with Gasteiger partial charge in [-0.1, -0.05) is 30.6 Å². The molecular weight excluding hydrogens is 241 g/mol. The minimum atomic E-state index is -0.345. The molecule has 1 aliphatic rings. The molecule has 0 spiro atoms. The first-order valence-corrected chi connectivity index (χ1v) is 7.00. The molecular formula is C16H22FNO. The number of methoxy groups -OCH3 is 1. The molecule has 0 amide bonds. The molecule has 1 unspecified atom stereocenters. The van der Waals surface area contributed by atoms with Crippen LogP contribution >= 0.6 is 0 Å². The first-order valence-electron chi connectivity index (χ1n) is 7.00. The van der Waals surface area contributed by atoms with Gasteiger partial charge in [-0.05, 0) is 43.4 Å². The van der Waals surface area contributed by atoms with Gasteiger partial charge in [0.25, 0.3) is 0 Å². The highest BCUT2D eigenvalue weighted by Crippen LogP contribution is 2.29. The molecule has 0 fully saturated rings. The molecule has 1 aromatic carbocycles. The Hall–Kier alpha value is -1.35. The van der Waals surface area contributed by atoms with Crippen LogP contribution in [-0.2, 0) is 0 Å². The second-order valence-corrected chi connectivity index (χ2v) is 5.10. The summed E-state index contributed by atoms with van der Waals surface area (Å²) in [5.41, 5.74) is 8.34. The lowest BCUT2D eigenvalue weighted by Gasteiger charge is -2.19. The van der Waals surface area contributed by atoms with Crippen LogP contribution in [0.4, 0.5) is 4.39 Å². The number of halogens is 1. The van der Waals surface area contributed by atoms with Gasteiger partial charge in [0.15, 0.2) is 11.6 Å². The van der Waals surface area contributed by atoms with E-state index in [1.54, 1.807) is 6.07 Å². The molecule has 0 radical (unpaired) electrons. The molecule has 3 heteroatoms. The first-order chi connectivity index (χ1) is 9.22. The summed E-state index contributed by atoms with van der Waals surface area (Å²) in [7, 11) is 1.47. The van der Waals surface area contributed by atoms with Crippen molar-refractivity contribution in [3.8, 4) is 5.75 Å². The molecule has 0 aromatic heterocycles. The quantitative estimate of drug-likeness (QED) is 0.833. The summed E-state index contributed by atoms with van der Waals surface area (Å²) in [6, 6.07) is 4.79.